The van der Waals surface area contributed by atoms with Gasteiger partial charge in [-0.15, -0.1) is 0 Å². The summed E-state index contributed by atoms with van der Waals surface area (Å²) in [4.78, 5) is 17.4. The first-order chi connectivity index (χ1) is 12.0. The van der Waals surface area contributed by atoms with Crippen molar-refractivity contribution in [2.24, 2.45) is 5.92 Å². The smallest absolute Gasteiger partial charge is 0.242 e. The number of carbonyl (C=O) groups excluding carboxylic acids is 1. The van der Waals surface area contributed by atoms with Gasteiger partial charge in [-0.2, -0.15) is 0 Å². The molecule has 0 spiro atoms. The molecule has 2 aliphatic rings. The van der Waals surface area contributed by atoms with E-state index in [1.807, 2.05) is 0 Å². The second-order valence-electron chi connectivity index (χ2n) is 8.11. The first-order valence-corrected chi connectivity index (χ1v) is 9.60. The third-order valence-electron chi connectivity index (χ3n) is 5.90. The molecule has 0 N–H and O–H groups in total. The topological polar surface area (TPSA) is 28.5 Å². The number of carbonyl (C=O) groups is 1. The molecule has 2 aliphatic heterocycles. The van der Waals surface area contributed by atoms with E-state index < -0.39 is 0 Å². The van der Waals surface area contributed by atoms with Crippen LogP contribution in [0.25, 0.3) is 10.9 Å². The lowest BCUT2D eigenvalue weighted by atomic mass is 10.0. The number of aryl methyl sites for hydroxylation is 1. The van der Waals surface area contributed by atoms with Gasteiger partial charge in [-0.25, -0.2) is 0 Å². The predicted molar refractivity (Wildman–Crippen MR) is 102 cm³/mol. The summed E-state index contributed by atoms with van der Waals surface area (Å²) in [6.07, 6.45) is 3.42. The number of rotatable bonds is 2. The van der Waals surface area contributed by atoms with E-state index in [9.17, 15) is 4.79 Å². The number of aromatic nitrogens is 1. The van der Waals surface area contributed by atoms with Crippen molar-refractivity contribution < 1.29 is 4.79 Å². The molecule has 4 heteroatoms. The second kappa shape index (κ2) is 6.49. The maximum absolute atomic E-state index is 13.0. The van der Waals surface area contributed by atoms with Crippen LogP contribution in [0.15, 0.2) is 18.2 Å². The van der Waals surface area contributed by atoms with Crippen LogP contribution in [0.3, 0.4) is 0 Å². The van der Waals surface area contributed by atoms with Gasteiger partial charge in [0.15, 0.2) is 0 Å². The number of likely N-dealkylation sites (tertiary alicyclic amines) is 1. The summed E-state index contributed by atoms with van der Waals surface area (Å²) in [5.74, 6) is 0.912. The highest BCUT2D eigenvalue weighted by Gasteiger charge is 2.26. The third-order valence-corrected chi connectivity index (χ3v) is 5.90. The minimum Gasteiger partial charge on any atom is -0.341 e. The van der Waals surface area contributed by atoms with Gasteiger partial charge in [0.25, 0.3) is 0 Å². The van der Waals surface area contributed by atoms with E-state index >= 15 is 0 Å². The molecule has 1 fully saturated rings. The van der Waals surface area contributed by atoms with E-state index in [1.165, 1.54) is 34.1 Å². The molecule has 1 aromatic heterocycles. The summed E-state index contributed by atoms with van der Waals surface area (Å²) in [7, 11) is 2.18. The van der Waals surface area contributed by atoms with Crippen LogP contribution < -0.4 is 0 Å². The summed E-state index contributed by atoms with van der Waals surface area (Å²) >= 11 is 0. The number of fused-ring (bicyclic) bond motifs is 3. The van der Waals surface area contributed by atoms with Gasteiger partial charge in [-0.1, -0.05) is 18.6 Å². The van der Waals surface area contributed by atoms with Crippen molar-refractivity contribution in [2.45, 2.75) is 46.2 Å². The fraction of sp³-hybridized carbons (Fsp3) is 0.571. The summed E-state index contributed by atoms with van der Waals surface area (Å²) in [5, 5.41) is 1.33. The molecule has 0 saturated carbocycles. The zero-order chi connectivity index (χ0) is 17.6. The van der Waals surface area contributed by atoms with Crippen molar-refractivity contribution in [3.63, 3.8) is 0 Å². The molecule has 0 radical (unpaired) electrons. The average molecular weight is 339 g/mol. The Morgan fingerprint density at radius 3 is 2.92 bits per heavy atom. The van der Waals surface area contributed by atoms with Crippen LogP contribution in [0.2, 0.25) is 0 Å². The van der Waals surface area contributed by atoms with Crippen molar-refractivity contribution in [3.8, 4) is 0 Å². The van der Waals surface area contributed by atoms with Crippen LogP contribution in [0.5, 0.6) is 0 Å². The second-order valence-corrected chi connectivity index (χ2v) is 8.11. The van der Waals surface area contributed by atoms with E-state index in [0.717, 1.165) is 39.0 Å². The number of benzene rings is 1. The highest BCUT2D eigenvalue weighted by Crippen LogP contribution is 2.31. The SMILES string of the molecule is Cc1ccc2c(c1)c1c(n2CC(=O)N2CCCC(C)C2)CCN(C)C1. The number of hydrogen-bond donors (Lipinski definition) is 0. The van der Waals surface area contributed by atoms with Crippen molar-refractivity contribution in [1.29, 1.82) is 0 Å². The minimum absolute atomic E-state index is 0.283. The third kappa shape index (κ3) is 3.08. The maximum atomic E-state index is 13.0. The maximum Gasteiger partial charge on any atom is 0.242 e. The van der Waals surface area contributed by atoms with E-state index in [4.69, 9.17) is 0 Å². The standard InChI is InChI=1S/C21H29N3O/c1-15-6-7-19-17(11-15)18-13-22(3)10-8-20(18)24(19)14-21(25)23-9-4-5-16(2)12-23/h6-7,11,16H,4-5,8-10,12-14H2,1-3H3. The van der Waals surface area contributed by atoms with Crippen molar-refractivity contribution in [2.75, 3.05) is 26.7 Å². The van der Waals surface area contributed by atoms with Gasteiger partial charge >= 0.3 is 0 Å². The molecule has 4 rings (SSSR count). The Kier molecular flexibility index (Phi) is 4.32. The molecule has 1 atom stereocenters. The quantitative estimate of drug-likeness (QED) is 0.841. The molecule has 1 saturated heterocycles. The highest BCUT2D eigenvalue weighted by atomic mass is 16.2. The molecule has 1 aromatic carbocycles. The van der Waals surface area contributed by atoms with E-state index in [0.29, 0.717) is 12.5 Å². The zero-order valence-electron chi connectivity index (χ0n) is 15.7. The number of amides is 1. The molecule has 1 amide bonds. The molecule has 0 bridgehead atoms. The van der Waals surface area contributed by atoms with Crippen molar-refractivity contribution >= 4 is 16.8 Å². The lowest BCUT2D eigenvalue weighted by molar-refractivity contribution is -0.133. The minimum atomic E-state index is 0.283. The molecule has 0 aliphatic carbocycles. The van der Waals surface area contributed by atoms with Crippen LogP contribution in [0.4, 0.5) is 0 Å². The first kappa shape index (κ1) is 16.6. The van der Waals surface area contributed by atoms with Crippen LogP contribution in [0, 0.1) is 12.8 Å². The number of nitrogens with zero attached hydrogens (tertiary/aromatic N) is 3. The number of piperidine rings is 1. The van der Waals surface area contributed by atoms with Gasteiger partial charge in [-0.05, 0) is 50.4 Å². The van der Waals surface area contributed by atoms with Crippen LogP contribution >= 0.6 is 0 Å². The Balaban J connectivity index is 1.70. The highest BCUT2D eigenvalue weighted by molar-refractivity contribution is 5.88. The Morgan fingerprint density at radius 1 is 1.28 bits per heavy atom. The summed E-state index contributed by atoms with van der Waals surface area (Å²) in [6, 6.07) is 6.66. The van der Waals surface area contributed by atoms with Crippen LogP contribution in [-0.2, 0) is 24.3 Å². The Labute approximate surface area is 150 Å². The molecule has 1 unspecified atom stereocenters. The van der Waals surface area contributed by atoms with Crippen LogP contribution in [0.1, 0.15) is 36.6 Å². The van der Waals surface area contributed by atoms with Crippen molar-refractivity contribution in [3.05, 3.63) is 35.0 Å². The van der Waals surface area contributed by atoms with E-state index in [1.54, 1.807) is 0 Å². The molecule has 2 aromatic rings. The average Bonchev–Trinajstić information content (AvgIpc) is 2.87. The zero-order valence-corrected chi connectivity index (χ0v) is 15.7. The molecular weight excluding hydrogens is 310 g/mol. The molecule has 3 heterocycles. The largest absolute Gasteiger partial charge is 0.341 e. The molecule has 4 nitrogen and oxygen atoms in total. The predicted octanol–water partition coefficient (Wildman–Crippen LogP) is 3.20. The number of hydrogen-bond acceptors (Lipinski definition) is 2. The summed E-state index contributed by atoms with van der Waals surface area (Å²) in [5.41, 5.74) is 5.31. The fourth-order valence-electron chi connectivity index (χ4n) is 4.53. The van der Waals surface area contributed by atoms with Gasteiger partial charge < -0.3 is 14.4 Å². The lowest BCUT2D eigenvalue weighted by Gasteiger charge is -2.31. The van der Waals surface area contributed by atoms with Gasteiger partial charge in [0.1, 0.15) is 6.54 Å². The Morgan fingerprint density at radius 2 is 2.12 bits per heavy atom. The van der Waals surface area contributed by atoms with Crippen LogP contribution in [-0.4, -0.2) is 47.0 Å². The Hall–Kier alpha value is -1.81. The van der Waals surface area contributed by atoms with E-state index in [-0.39, 0.29) is 5.91 Å². The summed E-state index contributed by atoms with van der Waals surface area (Å²) in [6.45, 7) is 8.79. The fourth-order valence-corrected chi connectivity index (χ4v) is 4.53. The molecule has 134 valence electrons. The normalized spacial score (nSPS) is 21.6. The lowest BCUT2D eigenvalue weighted by Crippen LogP contribution is -2.41. The van der Waals surface area contributed by atoms with Gasteiger partial charge in [0.2, 0.25) is 5.91 Å². The Bertz CT molecular complexity index is 807. The van der Waals surface area contributed by atoms with Gasteiger partial charge in [-0.3, -0.25) is 4.79 Å². The van der Waals surface area contributed by atoms with E-state index in [2.05, 4.69) is 53.5 Å². The van der Waals surface area contributed by atoms with Gasteiger partial charge in [0, 0.05) is 49.2 Å². The monoisotopic (exact) mass is 339 g/mol. The van der Waals surface area contributed by atoms with Crippen molar-refractivity contribution in [1.82, 2.24) is 14.4 Å². The van der Waals surface area contributed by atoms with Gasteiger partial charge in [0.05, 0.1) is 0 Å². The molecule has 25 heavy (non-hydrogen) atoms. The summed E-state index contributed by atoms with van der Waals surface area (Å²) < 4.78 is 2.30. The molecular formula is C21H29N3O. The number of likely N-dealkylation sites (N-methyl/N-ethyl adjacent to an activating group) is 1. The first-order valence-electron chi connectivity index (χ1n) is 9.60.